The number of para-hydroxylation sites is 1. The lowest BCUT2D eigenvalue weighted by Crippen LogP contribution is -1.95. The van der Waals surface area contributed by atoms with Crippen LogP contribution in [0.5, 0.6) is 0 Å². The number of rotatable bonds is 2. The highest BCUT2D eigenvalue weighted by Crippen LogP contribution is 2.23. The standard InChI is InChI=1S/C15H17N/c1-11-9-13(3)15(10-12(11)2)16-14-7-5-4-6-8-14/h4-10,16H,1-3H3. The van der Waals surface area contributed by atoms with Crippen LogP contribution in [0.4, 0.5) is 11.4 Å². The summed E-state index contributed by atoms with van der Waals surface area (Å²) >= 11 is 0. The summed E-state index contributed by atoms with van der Waals surface area (Å²) < 4.78 is 0. The quantitative estimate of drug-likeness (QED) is 0.778. The van der Waals surface area contributed by atoms with Gasteiger partial charge < -0.3 is 5.32 Å². The second-order valence-electron chi connectivity index (χ2n) is 4.24. The Balaban J connectivity index is 2.32. The number of aryl methyl sites for hydroxylation is 3. The zero-order valence-corrected chi connectivity index (χ0v) is 10.0. The molecule has 0 atom stereocenters. The fraction of sp³-hybridized carbons (Fsp3) is 0.200. The zero-order chi connectivity index (χ0) is 11.5. The van der Waals surface area contributed by atoms with E-state index in [1.807, 2.05) is 18.2 Å². The topological polar surface area (TPSA) is 12.0 Å². The van der Waals surface area contributed by atoms with Crippen LogP contribution in [0, 0.1) is 20.8 Å². The third kappa shape index (κ3) is 2.25. The predicted octanol–water partition coefficient (Wildman–Crippen LogP) is 4.36. The Morgan fingerprint density at radius 2 is 1.38 bits per heavy atom. The molecule has 2 rings (SSSR count). The van der Waals surface area contributed by atoms with E-state index in [-0.39, 0.29) is 0 Å². The molecule has 0 aliphatic carbocycles. The summed E-state index contributed by atoms with van der Waals surface area (Å²) in [6.45, 7) is 6.43. The Hall–Kier alpha value is -1.76. The first-order chi connectivity index (χ1) is 7.66. The summed E-state index contributed by atoms with van der Waals surface area (Å²) in [7, 11) is 0. The van der Waals surface area contributed by atoms with Gasteiger partial charge in [0.25, 0.3) is 0 Å². The Kier molecular flexibility index (Phi) is 2.95. The molecule has 0 amide bonds. The van der Waals surface area contributed by atoms with Gasteiger partial charge >= 0.3 is 0 Å². The molecule has 2 aromatic rings. The van der Waals surface area contributed by atoms with Gasteiger partial charge in [-0.3, -0.25) is 0 Å². The van der Waals surface area contributed by atoms with E-state index in [0.717, 1.165) is 5.69 Å². The largest absolute Gasteiger partial charge is 0.355 e. The lowest BCUT2D eigenvalue weighted by molar-refractivity contribution is 1.29. The van der Waals surface area contributed by atoms with E-state index < -0.39 is 0 Å². The molecule has 0 saturated carbocycles. The Labute approximate surface area is 97.1 Å². The maximum absolute atomic E-state index is 3.44. The molecule has 0 saturated heterocycles. The summed E-state index contributed by atoms with van der Waals surface area (Å²) in [4.78, 5) is 0. The number of benzene rings is 2. The minimum Gasteiger partial charge on any atom is -0.355 e. The summed E-state index contributed by atoms with van der Waals surface area (Å²) in [5.74, 6) is 0. The maximum atomic E-state index is 3.44. The third-order valence-corrected chi connectivity index (χ3v) is 2.89. The minimum absolute atomic E-state index is 1.13. The Bertz CT molecular complexity index is 486. The molecule has 0 spiro atoms. The van der Waals surface area contributed by atoms with Crippen molar-refractivity contribution in [1.82, 2.24) is 0 Å². The normalized spacial score (nSPS) is 10.2. The van der Waals surface area contributed by atoms with Gasteiger partial charge in [0.15, 0.2) is 0 Å². The first-order valence-corrected chi connectivity index (χ1v) is 5.57. The number of anilines is 2. The molecular weight excluding hydrogens is 194 g/mol. The van der Waals surface area contributed by atoms with Crippen LogP contribution in [0.2, 0.25) is 0 Å². The highest BCUT2D eigenvalue weighted by Gasteiger charge is 2.01. The van der Waals surface area contributed by atoms with Crippen LogP contribution >= 0.6 is 0 Å². The van der Waals surface area contributed by atoms with Gasteiger partial charge in [-0.05, 0) is 55.7 Å². The molecule has 82 valence electrons. The van der Waals surface area contributed by atoms with Crippen molar-refractivity contribution < 1.29 is 0 Å². The molecule has 0 unspecified atom stereocenters. The summed E-state index contributed by atoms with van der Waals surface area (Å²) in [5.41, 5.74) is 6.27. The molecule has 1 N–H and O–H groups in total. The van der Waals surface area contributed by atoms with Gasteiger partial charge in [-0.25, -0.2) is 0 Å². The zero-order valence-electron chi connectivity index (χ0n) is 10.0. The molecule has 0 aromatic heterocycles. The van der Waals surface area contributed by atoms with Crippen molar-refractivity contribution in [3.05, 3.63) is 59.2 Å². The highest BCUT2D eigenvalue weighted by atomic mass is 14.9. The minimum atomic E-state index is 1.13. The molecule has 2 aromatic carbocycles. The smallest absolute Gasteiger partial charge is 0.0416 e. The Morgan fingerprint density at radius 1 is 0.750 bits per heavy atom. The van der Waals surface area contributed by atoms with Crippen molar-refractivity contribution in [2.24, 2.45) is 0 Å². The number of hydrogen-bond donors (Lipinski definition) is 1. The van der Waals surface area contributed by atoms with Gasteiger partial charge in [0.2, 0.25) is 0 Å². The SMILES string of the molecule is Cc1cc(C)c(Nc2ccccc2)cc1C. The molecule has 0 radical (unpaired) electrons. The first kappa shape index (κ1) is 10.7. The molecule has 0 aliphatic rings. The van der Waals surface area contributed by atoms with E-state index in [1.54, 1.807) is 0 Å². The first-order valence-electron chi connectivity index (χ1n) is 5.57. The molecule has 16 heavy (non-hydrogen) atoms. The van der Waals surface area contributed by atoms with E-state index in [9.17, 15) is 0 Å². The van der Waals surface area contributed by atoms with Crippen LogP contribution in [-0.2, 0) is 0 Å². The summed E-state index contributed by atoms with van der Waals surface area (Å²) in [6, 6.07) is 14.7. The summed E-state index contributed by atoms with van der Waals surface area (Å²) in [5, 5.41) is 3.44. The fourth-order valence-electron chi connectivity index (χ4n) is 1.77. The van der Waals surface area contributed by atoms with Crippen molar-refractivity contribution in [2.75, 3.05) is 5.32 Å². The maximum Gasteiger partial charge on any atom is 0.0416 e. The van der Waals surface area contributed by atoms with E-state index in [1.165, 1.54) is 22.4 Å². The van der Waals surface area contributed by atoms with Gasteiger partial charge in [0.05, 0.1) is 0 Å². The average molecular weight is 211 g/mol. The molecule has 0 heterocycles. The fourth-order valence-corrected chi connectivity index (χ4v) is 1.77. The second kappa shape index (κ2) is 4.40. The number of nitrogens with one attached hydrogen (secondary N) is 1. The van der Waals surface area contributed by atoms with Crippen molar-refractivity contribution in [2.45, 2.75) is 20.8 Å². The van der Waals surface area contributed by atoms with Crippen molar-refractivity contribution in [3.63, 3.8) is 0 Å². The molecule has 0 bridgehead atoms. The van der Waals surface area contributed by atoms with Crippen LogP contribution in [0.1, 0.15) is 16.7 Å². The predicted molar refractivity (Wildman–Crippen MR) is 70.4 cm³/mol. The van der Waals surface area contributed by atoms with Crippen molar-refractivity contribution in [3.8, 4) is 0 Å². The molecular formula is C15H17N. The average Bonchev–Trinajstić information content (AvgIpc) is 2.27. The second-order valence-corrected chi connectivity index (χ2v) is 4.24. The Morgan fingerprint density at radius 3 is 2.06 bits per heavy atom. The van der Waals surface area contributed by atoms with E-state index in [0.29, 0.717) is 0 Å². The van der Waals surface area contributed by atoms with E-state index >= 15 is 0 Å². The molecule has 1 nitrogen and oxygen atoms in total. The van der Waals surface area contributed by atoms with E-state index in [2.05, 4.69) is 50.4 Å². The van der Waals surface area contributed by atoms with Gasteiger partial charge in [-0.2, -0.15) is 0 Å². The molecule has 0 fully saturated rings. The van der Waals surface area contributed by atoms with Gasteiger partial charge in [0, 0.05) is 11.4 Å². The number of hydrogen-bond acceptors (Lipinski definition) is 1. The van der Waals surface area contributed by atoms with Crippen LogP contribution < -0.4 is 5.32 Å². The molecule has 0 aliphatic heterocycles. The van der Waals surface area contributed by atoms with Gasteiger partial charge in [-0.1, -0.05) is 24.3 Å². The van der Waals surface area contributed by atoms with Crippen molar-refractivity contribution >= 4 is 11.4 Å². The van der Waals surface area contributed by atoms with Crippen molar-refractivity contribution in [1.29, 1.82) is 0 Å². The monoisotopic (exact) mass is 211 g/mol. The third-order valence-electron chi connectivity index (χ3n) is 2.89. The van der Waals surface area contributed by atoms with Gasteiger partial charge in [0.1, 0.15) is 0 Å². The van der Waals surface area contributed by atoms with Crippen LogP contribution in [0.15, 0.2) is 42.5 Å². The highest BCUT2D eigenvalue weighted by molar-refractivity contribution is 5.64. The van der Waals surface area contributed by atoms with Crippen LogP contribution in [0.3, 0.4) is 0 Å². The van der Waals surface area contributed by atoms with Gasteiger partial charge in [-0.15, -0.1) is 0 Å². The van der Waals surface area contributed by atoms with E-state index in [4.69, 9.17) is 0 Å². The van der Waals surface area contributed by atoms with Crippen LogP contribution in [-0.4, -0.2) is 0 Å². The van der Waals surface area contributed by atoms with Crippen LogP contribution in [0.25, 0.3) is 0 Å². The summed E-state index contributed by atoms with van der Waals surface area (Å²) in [6.07, 6.45) is 0. The molecule has 1 heteroatoms. The lowest BCUT2D eigenvalue weighted by atomic mass is 10.0. The lowest BCUT2D eigenvalue weighted by Gasteiger charge is -2.12.